The predicted octanol–water partition coefficient (Wildman–Crippen LogP) is 4.75. The van der Waals surface area contributed by atoms with Gasteiger partial charge in [0.05, 0.1) is 11.9 Å². The van der Waals surface area contributed by atoms with Crippen LogP contribution in [-0.4, -0.2) is 16.2 Å². The molecule has 2 N–H and O–H groups in total. The minimum Gasteiger partial charge on any atom is -0.486 e. The van der Waals surface area contributed by atoms with Gasteiger partial charge in [0.15, 0.2) is 17.4 Å². The van der Waals surface area contributed by atoms with Gasteiger partial charge in [-0.3, -0.25) is 9.78 Å². The maximum atomic E-state index is 13.9. The second-order valence-corrected chi connectivity index (χ2v) is 7.15. The van der Waals surface area contributed by atoms with E-state index in [2.05, 4.69) is 20.5 Å². The van der Waals surface area contributed by atoms with Gasteiger partial charge in [-0.05, 0) is 17.7 Å². The van der Waals surface area contributed by atoms with Crippen molar-refractivity contribution in [1.82, 2.24) is 9.97 Å². The standard InChI is InChI=1S/C25H16F3N5O2/c26-19-10-11-20(22(28)21(19)27)35-14-17-9-5-4-8-16(17)13-30-33-25-31-23(15-6-2-1-3-7-15)18(12-29)24(34)32-25/h1-11,13H,14H2,(H2,31,32,33,34). The van der Waals surface area contributed by atoms with E-state index in [1.165, 1.54) is 6.21 Å². The van der Waals surface area contributed by atoms with Crippen LogP contribution in [0.2, 0.25) is 0 Å². The monoisotopic (exact) mass is 475 g/mol. The Morgan fingerprint density at radius 2 is 1.77 bits per heavy atom. The van der Waals surface area contributed by atoms with Crippen molar-refractivity contribution in [3.63, 3.8) is 0 Å². The molecule has 1 aromatic heterocycles. The summed E-state index contributed by atoms with van der Waals surface area (Å²) in [6.07, 6.45) is 1.42. The fraction of sp³-hybridized carbons (Fsp3) is 0.0400. The zero-order valence-corrected chi connectivity index (χ0v) is 17.9. The molecule has 0 spiro atoms. The number of ether oxygens (including phenoxy) is 1. The second-order valence-electron chi connectivity index (χ2n) is 7.15. The first-order valence-electron chi connectivity index (χ1n) is 10.2. The topological polar surface area (TPSA) is 103 Å². The highest BCUT2D eigenvalue weighted by atomic mass is 19.2. The second kappa shape index (κ2) is 10.4. The highest BCUT2D eigenvalue weighted by Crippen LogP contribution is 2.23. The van der Waals surface area contributed by atoms with Crippen LogP contribution in [0.5, 0.6) is 5.75 Å². The molecule has 7 nitrogen and oxygen atoms in total. The number of halogens is 3. The van der Waals surface area contributed by atoms with Crippen LogP contribution in [0.3, 0.4) is 0 Å². The largest absolute Gasteiger partial charge is 0.486 e. The molecule has 0 bridgehead atoms. The molecule has 0 unspecified atom stereocenters. The van der Waals surface area contributed by atoms with Gasteiger partial charge in [-0.1, -0.05) is 54.6 Å². The van der Waals surface area contributed by atoms with E-state index in [1.807, 2.05) is 6.07 Å². The Morgan fingerprint density at radius 3 is 2.54 bits per heavy atom. The molecule has 0 amide bonds. The van der Waals surface area contributed by atoms with Crippen LogP contribution in [0.1, 0.15) is 16.7 Å². The van der Waals surface area contributed by atoms with Gasteiger partial charge >= 0.3 is 0 Å². The molecule has 10 heteroatoms. The van der Waals surface area contributed by atoms with Gasteiger partial charge in [0.25, 0.3) is 5.56 Å². The number of anilines is 1. The molecule has 4 rings (SSSR count). The van der Waals surface area contributed by atoms with E-state index >= 15 is 0 Å². The minimum atomic E-state index is -1.61. The van der Waals surface area contributed by atoms with Crippen molar-refractivity contribution >= 4 is 12.2 Å². The SMILES string of the molecule is N#Cc1c(-c2ccccc2)nc(NN=Cc2ccccc2COc2ccc(F)c(F)c2F)[nH]c1=O. The van der Waals surface area contributed by atoms with Crippen molar-refractivity contribution < 1.29 is 17.9 Å². The van der Waals surface area contributed by atoms with Crippen LogP contribution in [0.4, 0.5) is 19.1 Å². The molecule has 4 aromatic rings. The Labute approximate surface area is 197 Å². The van der Waals surface area contributed by atoms with E-state index in [0.29, 0.717) is 16.7 Å². The van der Waals surface area contributed by atoms with Crippen LogP contribution in [-0.2, 0) is 6.61 Å². The van der Waals surface area contributed by atoms with Crippen molar-refractivity contribution in [2.75, 3.05) is 5.43 Å². The van der Waals surface area contributed by atoms with E-state index in [9.17, 15) is 23.2 Å². The molecule has 1 heterocycles. The van der Waals surface area contributed by atoms with Crippen molar-refractivity contribution in [2.45, 2.75) is 6.61 Å². The van der Waals surface area contributed by atoms with Gasteiger partial charge in [-0.2, -0.15) is 14.8 Å². The molecule has 174 valence electrons. The van der Waals surface area contributed by atoms with Crippen molar-refractivity contribution in [3.8, 4) is 23.1 Å². The summed E-state index contributed by atoms with van der Waals surface area (Å²) in [5, 5.41) is 13.4. The number of hydrogen-bond acceptors (Lipinski definition) is 6. The lowest BCUT2D eigenvalue weighted by Crippen LogP contribution is -2.16. The molecule has 0 aliphatic heterocycles. The fourth-order valence-electron chi connectivity index (χ4n) is 3.16. The number of nitrogens with zero attached hydrogens (tertiary/aromatic N) is 3. The number of nitrogens with one attached hydrogen (secondary N) is 2. The summed E-state index contributed by atoms with van der Waals surface area (Å²) >= 11 is 0. The normalized spacial score (nSPS) is 10.8. The predicted molar refractivity (Wildman–Crippen MR) is 123 cm³/mol. The average molecular weight is 475 g/mol. The third kappa shape index (κ3) is 5.20. The number of aromatic amines is 1. The molecule has 3 aromatic carbocycles. The maximum absolute atomic E-state index is 13.9. The van der Waals surface area contributed by atoms with Crippen LogP contribution >= 0.6 is 0 Å². The lowest BCUT2D eigenvalue weighted by atomic mass is 10.1. The molecule has 0 atom stereocenters. The van der Waals surface area contributed by atoms with Crippen LogP contribution in [0, 0.1) is 28.8 Å². The van der Waals surface area contributed by atoms with E-state index in [-0.39, 0.29) is 23.8 Å². The third-order valence-corrected chi connectivity index (χ3v) is 4.89. The quantitative estimate of drug-likeness (QED) is 0.228. The Morgan fingerprint density at radius 1 is 1.03 bits per heavy atom. The number of rotatable bonds is 7. The van der Waals surface area contributed by atoms with E-state index < -0.39 is 28.8 Å². The van der Waals surface area contributed by atoms with Gasteiger partial charge in [0.1, 0.15) is 18.2 Å². The zero-order valence-electron chi connectivity index (χ0n) is 17.9. The summed E-state index contributed by atoms with van der Waals surface area (Å²) in [5.74, 6) is -4.75. The Kier molecular flexibility index (Phi) is 6.88. The number of aromatic nitrogens is 2. The van der Waals surface area contributed by atoms with Crippen molar-refractivity contribution in [1.29, 1.82) is 5.26 Å². The number of hydrogen-bond donors (Lipinski definition) is 2. The summed E-state index contributed by atoms with van der Waals surface area (Å²) in [6, 6.07) is 19.3. The highest BCUT2D eigenvalue weighted by Gasteiger charge is 2.15. The zero-order chi connectivity index (χ0) is 24.8. The average Bonchev–Trinajstić information content (AvgIpc) is 2.88. The molecule has 0 saturated heterocycles. The van der Waals surface area contributed by atoms with E-state index in [4.69, 9.17) is 4.74 Å². The first-order valence-corrected chi connectivity index (χ1v) is 10.2. The molecular weight excluding hydrogens is 459 g/mol. The van der Waals surface area contributed by atoms with Crippen LogP contribution in [0.15, 0.2) is 76.6 Å². The Bertz CT molecular complexity index is 1500. The van der Waals surface area contributed by atoms with E-state index in [0.717, 1.165) is 12.1 Å². The van der Waals surface area contributed by atoms with Crippen molar-refractivity contribution in [2.24, 2.45) is 5.10 Å². The molecular formula is C25H16F3N5O2. The number of hydrazone groups is 1. The number of benzene rings is 3. The molecule has 0 saturated carbocycles. The minimum absolute atomic E-state index is 0.0155. The molecule has 0 aliphatic carbocycles. The Hall–Kier alpha value is -4.91. The van der Waals surface area contributed by atoms with Gasteiger partial charge in [-0.15, -0.1) is 0 Å². The molecule has 35 heavy (non-hydrogen) atoms. The maximum Gasteiger partial charge on any atom is 0.270 e. The molecule has 0 radical (unpaired) electrons. The third-order valence-electron chi connectivity index (χ3n) is 4.89. The summed E-state index contributed by atoms with van der Waals surface area (Å²) < 4.78 is 45.7. The number of nitriles is 1. The van der Waals surface area contributed by atoms with Gasteiger partial charge in [-0.25, -0.2) is 19.2 Å². The molecule has 0 aliphatic rings. The molecule has 0 fully saturated rings. The fourth-order valence-corrected chi connectivity index (χ4v) is 3.16. The first kappa shape index (κ1) is 23.3. The van der Waals surface area contributed by atoms with Crippen LogP contribution < -0.4 is 15.7 Å². The summed E-state index contributed by atoms with van der Waals surface area (Å²) in [4.78, 5) is 19.1. The van der Waals surface area contributed by atoms with Gasteiger partial charge in [0.2, 0.25) is 11.8 Å². The van der Waals surface area contributed by atoms with E-state index in [1.54, 1.807) is 54.6 Å². The smallest absolute Gasteiger partial charge is 0.270 e. The van der Waals surface area contributed by atoms with Gasteiger partial charge < -0.3 is 4.74 Å². The van der Waals surface area contributed by atoms with Gasteiger partial charge in [0, 0.05) is 11.1 Å². The van der Waals surface area contributed by atoms with Crippen LogP contribution in [0.25, 0.3) is 11.3 Å². The Balaban J connectivity index is 1.53. The van der Waals surface area contributed by atoms with Crippen molar-refractivity contribution in [3.05, 3.63) is 111 Å². The lowest BCUT2D eigenvalue weighted by molar-refractivity contribution is 0.281. The lowest BCUT2D eigenvalue weighted by Gasteiger charge is -2.10. The summed E-state index contributed by atoms with van der Waals surface area (Å²) in [6.45, 7) is -0.145. The number of H-pyrrole nitrogens is 1. The first-order chi connectivity index (χ1) is 17.0. The summed E-state index contributed by atoms with van der Waals surface area (Å²) in [7, 11) is 0. The summed E-state index contributed by atoms with van der Waals surface area (Å²) in [5.41, 5.74) is 3.82. The highest BCUT2D eigenvalue weighted by molar-refractivity contribution is 5.82.